The number of carbonyl (C=O) groups is 6. The number of fused-ring (bicyclic) bond motifs is 18. The Morgan fingerprint density at radius 3 is 1.14 bits per heavy atom. The number of halogens is 12. The number of benzene rings is 4. The number of rotatable bonds is 13. The summed E-state index contributed by atoms with van der Waals surface area (Å²) in [6.45, 7) is -1.85. The highest BCUT2D eigenvalue weighted by Gasteiger charge is 2.66. The Morgan fingerprint density at radius 1 is 0.471 bits per heavy atom. The van der Waals surface area contributed by atoms with E-state index in [0.717, 1.165) is 28.7 Å². The Hall–Kier alpha value is -10.9. The third-order valence-corrected chi connectivity index (χ3v) is 20.8. The second-order valence-corrected chi connectivity index (χ2v) is 26.8. The van der Waals surface area contributed by atoms with Crippen molar-refractivity contribution in [1.29, 1.82) is 0 Å². The molecule has 21 nitrogen and oxygen atoms in total. The van der Waals surface area contributed by atoms with Gasteiger partial charge in [0.1, 0.15) is 64.8 Å². The number of carboxylic acids is 1. The van der Waals surface area contributed by atoms with Crippen LogP contribution >= 0.6 is 0 Å². The van der Waals surface area contributed by atoms with Crippen LogP contribution in [0.1, 0.15) is 131 Å². The zero-order chi connectivity index (χ0) is 73.4. The average Bonchev–Trinajstić information content (AvgIpc) is 1.53. The van der Waals surface area contributed by atoms with Crippen molar-refractivity contribution in [3.8, 4) is 17.2 Å². The minimum atomic E-state index is -2.95. The van der Waals surface area contributed by atoms with Crippen molar-refractivity contribution in [1.82, 2.24) is 39.0 Å². The first-order valence-corrected chi connectivity index (χ1v) is 32.3. The summed E-state index contributed by atoms with van der Waals surface area (Å²) in [5.41, 5.74) is -5.25. The fraction of sp³-hybridized carbons (Fsp3) is 0.366. The second-order valence-electron chi connectivity index (χ2n) is 26.8. The van der Waals surface area contributed by atoms with Gasteiger partial charge < -0.3 is 58.7 Å². The van der Waals surface area contributed by atoms with Crippen LogP contribution in [0.3, 0.4) is 0 Å². The van der Waals surface area contributed by atoms with E-state index in [0.29, 0.717) is 29.8 Å². The standard InChI is InChI=1S/C28H22F5N3O4.C21H16F5N3O4.C21H18F2N2O5.CH4/c29-15-6-20(30)17(21(31)7-15)10-34-26(38)18-11-35-12-22-19-8-16(9-28(19,32)33)36(22)27(39)23(35)25(24(18)37)40-13-14-4-2-1-3-5-14;22-8-1-13(23)10(14(24)2-8)5-27-19(32)11-6-28-7-15-12-3-9(4-21(12,25)26)29(15)20(33)16(28)18(31)17(11)30;22-21(23)7-12-6-14(21)15-9-24-8-13(20(28)29)17(26)18(16(24)19(27)25(12)15)30-10-11-4-2-1-3-5-11;/h1-7,11,16,19,22H,8-10,12-13H2,(H,34,38);1-2,6,9,12,15,31H,3-5,7H2,(H,27,32);1-5,8,12,14-15H,6-7,9-10H2,(H,28,29);1H4/t16-,19?,22+;9-,12?,15+;12-,14?,15+;/m111./s1. The van der Waals surface area contributed by atoms with Gasteiger partial charge in [0.2, 0.25) is 16.3 Å². The molecule has 0 spiro atoms. The predicted octanol–water partition coefficient (Wildman–Crippen LogP) is 9.19. The molecule has 9 aliphatic rings. The summed E-state index contributed by atoms with van der Waals surface area (Å²) >= 11 is 0. The molecule has 5 amide bonds. The molecule has 4 aromatic carbocycles. The lowest BCUT2D eigenvalue weighted by Crippen LogP contribution is -2.56. The van der Waals surface area contributed by atoms with E-state index < -0.39 is 236 Å². The van der Waals surface area contributed by atoms with E-state index in [9.17, 15) is 106 Å². The first-order valence-electron chi connectivity index (χ1n) is 32.3. The molecule has 104 heavy (non-hydrogen) atoms. The first kappa shape index (κ1) is 71.5. The van der Waals surface area contributed by atoms with Crippen molar-refractivity contribution in [2.24, 2.45) is 17.8 Å². The highest BCUT2D eigenvalue weighted by Crippen LogP contribution is 2.57. The van der Waals surface area contributed by atoms with Crippen LogP contribution in [0.5, 0.6) is 17.2 Å². The number of hydrogen-bond donors (Lipinski definition) is 4. The number of carbonyl (C=O) groups excluding carboxylic acids is 5. The Kier molecular flexibility index (Phi) is 18.2. The third kappa shape index (κ3) is 12.2. The Labute approximate surface area is 579 Å². The number of aromatic carboxylic acids is 1. The maximum atomic E-state index is 14.6. The topological polar surface area (TPSA) is 261 Å². The largest absolute Gasteiger partial charge is 0.503 e. The van der Waals surface area contributed by atoms with Gasteiger partial charge in [-0.2, -0.15) is 0 Å². The number of ether oxygens (including phenoxy) is 2. The zero-order valence-corrected chi connectivity index (χ0v) is 53.3. The summed E-state index contributed by atoms with van der Waals surface area (Å²) in [7, 11) is 0. The molecule has 3 aliphatic carbocycles. The molecule has 3 unspecified atom stereocenters. The maximum Gasteiger partial charge on any atom is 0.341 e. The van der Waals surface area contributed by atoms with E-state index in [1.165, 1.54) is 23.8 Å². The molecular formula is C71H60F12N8O13. The second kappa shape index (κ2) is 26.4. The van der Waals surface area contributed by atoms with E-state index in [-0.39, 0.29) is 76.7 Å². The fourth-order valence-corrected chi connectivity index (χ4v) is 16.2. The molecule has 6 aliphatic heterocycles. The number of hydrogen-bond acceptors (Lipinski definition) is 12. The molecule has 16 rings (SSSR count). The van der Waals surface area contributed by atoms with Gasteiger partial charge in [-0.25, -0.2) is 57.5 Å². The lowest BCUT2D eigenvalue weighted by molar-refractivity contribution is -0.0895. The molecule has 3 aromatic heterocycles. The van der Waals surface area contributed by atoms with Crippen LogP contribution in [0, 0.1) is 52.7 Å². The van der Waals surface area contributed by atoms with Crippen LogP contribution in [0.2, 0.25) is 0 Å². The summed E-state index contributed by atoms with van der Waals surface area (Å²) in [6, 6.07) is 15.0. The highest BCUT2D eigenvalue weighted by atomic mass is 19.3. The van der Waals surface area contributed by atoms with Crippen LogP contribution in [0.15, 0.2) is 118 Å². The van der Waals surface area contributed by atoms with E-state index in [1.54, 1.807) is 54.6 Å². The summed E-state index contributed by atoms with van der Waals surface area (Å²) in [5, 5.41) is 24.1. The number of nitrogens with one attached hydrogen (secondary N) is 2. The normalized spacial score (nSPS) is 23.8. The van der Waals surface area contributed by atoms with Gasteiger partial charge >= 0.3 is 5.97 Å². The van der Waals surface area contributed by atoms with Gasteiger partial charge in [-0.1, -0.05) is 68.1 Å². The highest BCUT2D eigenvalue weighted by molar-refractivity contribution is 6.01. The number of piperidine rings is 3. The minimum Gasteiger partial charge on any atom is -0.503 e. The number of nitrogens with zero attached hydrogens (tertiary/aromatic N) is 6. The molecule has 3 saturated carbocycles. The fourth-order valence-electron chi connectivity index (χ4n) is 16.2. The molecule has 3 saturated heterocycles. The zero-order valence-electron chi connectivity index (χ0n) is 53.3. The Bertz CT molecular complexity index is 4900. The van der Waals surface area contributed by atoms with Gasteiger partial charge in [0, 0.05) is 142 Å². The van der Waals surface area contributed by atoms with Gasteiger partial charge in [0.25, 0.3) is 47.3 Å². The van der Waals surface area contributed by atoms with Crippen LogP contribution < -0.4 is 36.4 Å². The molecule has 546 valence electrons. The Balaban J connectivity index is 0.000000140. The van der Waals surface area contributed by atoms with Crippen LogP contribution in [-0.2, 0) is 45.9 Å². The monoisotopic (exact) mass is 1460 g/mol. The summed E-state index contributed by atoms with van der Waals surface area (Å²) in [6.07, 6.45) is 2.21. The first-order chi connectivity index (χ1) is 48.8. The summed E-state index contributed by atoms with van der Waals surface area (Å²) < 4.78 is 183. The lowest BCUT2D eigenvalue weighted by atomic mass is 9.92. The van der Waals surface area contributed by atoms with Gasteiger partial charge in [-0.15, -0.1) is 0 Å². The van der Waals surface area contributed by atoms with E-state index in [1.807, 2.05) is 6.07 Å². The molecule has 6 fully saturated rings. The molecule has 7 aromatic rings. The van der Waals surface area contributed by atoms with Gasteiger partial charge in [0.05, 0.1) is 18.1 Å². The minimum absolute atomic E-state index is 0. The van der Waals surface area contributed by atoms with Gasteiger partial charge in [-0.3, -0.25) is 38.4 Å². The molecule has 33 heteroatoms. The molecule has 9 atom stereocenters. The van der Waals surface area contributed by atoms with Crippen molar-refractivity contribution in [2.45, 2.75) is 146 Å². The van der Waals surface area contributed by atoms with Crippen molar-refractivity contribution >= 4 is 35.5 Å². The summed E-state index contributed by atoms with van der Waals surface area (Å²) in [4.78, 5) is 120. The number of carboxylic acid groups (broad SMARTS) is 1. The number of amides is 5. The van der Waals surface area contributed by atoms with Crippen LogP contribution in [0.25, 0.3) is 0 Å². The van der Waals surface area contributed by atoms with Gasteiger partial charge in [-0.05, 0) is 30.4 Å². The average molecular weight is 1460 g/mol. The number of aromatic hydroxyl groups is 1. The maximum absolute atomic E-state index is 14.6. The summed E-state index contributed by atoms with van der Waals surface area (Å²) in [5.74, 6) is -26.5. The SMILES string of the molecule is C.O=C(NCc1c(F)cc(F)cc1F)c1cn2c(c(O)c1=O)C(=O)N1[C@@H]3CC([C@@H]1C2)C(F)(F)C3.O=C(NCc1c(F)cc(F)cc1F)c1cn2c(c(OCc3ccccc3)c1=O)C(=O)N1[C@@H]3CC([C@@H]1C2)C(F)(F)C3.O=C(O)c1cn2c(c(OCc3ccccc3)c1=O)C(=O)N1[C@@H]3CC([C@@H]1C2)C(F)(F)C3. The van der Waals surface area contributed by atoms with Crippen molar-refractivity contribution in [3.63, 3.8) is 0 Å². The smallest absolute Gasteiger partial charge is 0.341 e. The van der Waals surface area contributed by atoms with Crippen LogP contribution in [-0.4, -0.2) is 128 Å². The van der Waals surface area contributed by atoms with E-state index in [4.69, 9.17) is 9.47 Å². The van der Waals surface area contributed by atoms with Crippen molar-refractivity contribution in [2.75, 3.05) is 0 Å². The molecule has 0 radical (unpaired) electrons. The van der Waals surface area contributed by atoms with Crippen molar-refractivity contribution in [3.05, 3.63) is 225 Å². The molecule has 6 bridgehead atoms. The number of alkyl halides is 6. The molecule has 4 N–H and O–H groups in total. The molecular weight excluding hydrogens is 1400 g/mol. The predicted molar refractivity (Wildman–Crippen MR) is 338 cm³/mol. The Morgan fingerprint density at radius 2 is 0.788 bits per heavy atom. The number of aromatic nitrogens is 3. The number of pyridine rings is 3. The van der Waals surface area contributed by atoms with E-state index >= 15 is 0 Å². The lowest BCUT2D eigenvalue weighted by Gasteiger charge is -2.43. The van der Waals surface area contributed by atoms with Crippen molar-refractivity contribution < 1.29 is 101 Å². The van der Waals surface area contributed by atoms with Crippen LogP contribution in [0.4, 0.5) is 52.7 Å². The third-order valence-electron chi connectivity index (χ3n) is 20.8. The quantitative estimate of drug-likeness (QED) is 0.0786. The molecule has 9 heterocycles. The van der Waals surface area contributed by atoms with E-state index in [2.05, 4.69) is 10.6 Å². The van der Waals surface area contributed by atoms with Gasteiger partial charge in [0.15, 0.2) is 34.3 Å².